The van der Waals surface area contributed by atoms with Gasteiger partial charge in [0, 0.05) is 13.7 Å². The van der Waals surface area contributed by atoms with Gasteiger partial charge in [-0.05, 0) is 55.8 Å². The molecular formula is C20H33ClN2O2. The van der Waals surface area contributed by atoms with E-state index in [2.05, 4.69) is 48.7 Å². The molecule has 1 heterocycles. The van der Waals surface area contributed by atoms with Crippen molar-refractivity contribution in [2.24, 2.45) is 5.41 Å². The fourth-order valence-electron chi connectivity index (χ4n) is 3.37. The summed E-state index contributed by atoms with van der Waals surface area (Å²) in [5, 5.41) is 6.45. The lowest BCUT2D eigenvalue weighted by atomic mass is 9.78. The van der Waals surface area contributed by atoms with Crippen LogP contribution in [0.1, 0.15) is 50.2 Å². The smallest absolute Gasteiger partial charge is 0.228 e. The van der Waals surface area contributed by atoms with Crippen LogP contribution < -0.4 is 10.6 Å². The van der Waals surface area contributed by atoms with E-state index in [1.165, 1.54) is 11.1 Å². The quantitative estimate of drug-likeness (QED) is 0.692. The number of carbonyl (C=O) groups is 1. The third-order valence-electron chi connectivity index (χ3n) is 5.04. The number of amides is 1. The van der Waals surface area contributed by atoms with Crippen LogP contribution >= 0.6 is 12.4 Å². The first-order valence-electron chi connectivity index (χ1n) is 9.14. The molecule has 4 nitrogen and oxygen atoms in total. The highest BCUT2D eigenvalue weighted by Gasteiger charge is 2.39. The van der Waals surface area contributed by atoms with Crippen molar-refractivity contribution in [2.75, 3.05) is 33.4 Å². The minimum absolute atomic E-state index is 0. The summed E-state index contributed by atoms with van der Waals surface area (Å²) in [5.74, 6) is 0.723. The predicted molar refractivity (Wildman–Crippen MR) is 106 cm³/mol. The molecule has 5 heteroatoms. The van der Waals surface area contributed by atoms with Crippen molar-refractivity contribution in [3.05, 3.63) is 35.4 Å². The number of hydrogen-bond donors (Lipinski definition) is 2. The number of aryl methyl sites for hydroxylation is 1. The van der Waals surface area contributed by atoms with E-state index in [0.717, 1.165) is 45.3 Å². The zero-order valence-electron chi connectivity index (χ0n) is 15.8. The molecule has 142 valence electrons. The molecule has 0 atom stereocenters. The SMILES string of the molecule is COCC1(C(=O)NCCCc2ccc(C(C)C)cc2)CCNCC1.Cl. The Hall–Kier alpha value is -1.10. The Labute approximate surface area is 158 Å². The van der Waals surface area contributed by atoms with Gasteiger partial charge in [-0.15, -0.1) is 12.4 Å². The van der Waals surface area contributed by atoms with Gasteiger partial charge < -0.3 is 15.4 Å². The zero-order valence-corrected chi connectivity index (χ0v) is 16.6. The Morgan fingerprint density at radius 1 is 1.24 bits per heavy atom. The van der Waals surface area contributed by atoms with Crippen LogP contribution in [0.25, 0.3) is 0 Å². The lowest BCUT2D eigenvalue weighted by molar-refractivity contribution is -0.136. The Balaban J connectivity index is 0.00000312. The monoisotopic (exact) mass is 368 g/mol. The number of carbonyl (C=O) groups excluding carboxylic acids is 1. The molecular weight excluding hydrogens is 336 g/mol. The number of hydrogen-bond acceptors (Lipinski definition) is 3. The van der Waals surface area contributed by atoms with Crippen molar-refractivity contribution in [3.63, 3.8) is 0 Å². The van der Waals surface area contributed by atoms with E-state index in [-0.39, 0.29) is 23.7 Å². The second kappa shape index (κ2) is 10.8. The van der Waals surface area contributed by atoms with Crippen LogP contribution in [0.5, 0.6) is 0 Å². The van der Waals surface area contributed by atoms with Gasteiger partial charge in [-0.25, -0.2) is 0 Å². The van der Waals surface area contributed by atoms with Crippen LogP contribution in [0.4, 0.5) is 0 Å². The topological polar surface area (TPSA) is 50.4 Å². The van der Waals surface area contributed by atoms with Gasteiger partial charge in [-0.1, -0.05) is 38.1 Å². The average Bonchev–Trinajstić information content (AvgIpc) is 2.60. The maximum Gasteiger partial charge on any atom is 0.228 e. The molecule has 0 bridgehead atoms. The van der Waals surface area contributed by atoms with Crippen molar-refractivity contribution in [1.29, 1.82) is 0 Å². The lowest BCUT2D eigenvalue weighted by Crippen LogP contribution is -2.50. The molecule has 1 fully saturated rings. The highest BCUT2D eigenvalue weighted by molar-refractivity contribution is 5.85. The average molecular weight is 369 g/mol. The molecule has 0 spiro atoms. The molecule has 0 unspecified atom stereocenters. The third kappa shape index (κ3) is 6.28. The summed E-state index contributed by atoms with van der Waals surface area (Å²) in [6.07, 6.45) is 3.66. The Kier molecular flexibility index (Phi) is 9.47. The summed E-state index contributed by atoms with van der Waals surface area (Å²) in [5.41, 5.74) is 2.36. The molecule has 2 rings (SSSR count). The largest absolute Gasteiger partial charge is 0.384 e. The molecule has 1 aromatic rings. The number of rotatable bonds is 8. The highest BCUT2D eigenvalue weighted by atomic mass is 35.5. The number of methoxy groups -OCH3 is 1. The molecule has 1 amide bonds. The second-order valence-corrected chi connectivity index (χ2v) is 7.22. The molecule has 1 aromatic carbocycles. The highest BCUT2D eigenvalue weighted by Crippen LogP contribution is 2.29. The fraction of sp³-hybridized carbons (Fsp3) is 0.650. The van der Waals surface area contributed by atoms with Crippen LogP contribution in [-0.2, 0) is 16.0 Å². The summed E-state index contributed by atoms with van der Waals surface area (Å²) in [6.45, 7) is 7.43. The number of piperidine rings is 1. The van der Waals surface area contributed by atoms with Gasteiger partial charge >= 0.3 is 0 Å². The summed E-state index contributed by atoms with van der Waals surface area (Å²) < 4.78 is 5.32. The minimum atomic E-state index is -0.348. The van der Waals surface area contributed by atoms with E-state index in [4.69, 9.17) is 4.74 Å². The van der Waals surface area contributed by atoms with E-state index in [9.17, 15) is 4.79 Å². The Bertz CT molecular complexity index is 505. The summed E-state index contributed by atoms with van der Waals surface area (Å²) in [6, 6.07) is 8.83. The first-order chi connectivity index (χ1) is 11.6. The maximum atomic E-state index is 12.6. The molecule has 2 N–H and O–H groups in total. The van der Waals surface area contributed by atoms with Crippen molar-refractivity contribution >= 4 is 18.3 Å². The van der Waals surface area contributed by atoms with Crippen molar-refractivity contribution in [3.8, 4) is 0 Å². The predicted octanol–water partition coefficient (Wildman–Crippen LogP) is 3.30. The fourth-order valence-corrected chi connectivity index (χ4v) is 3.37. The summed E-state index contributed by atoms with van der Waals surface area (Å²) >= 11 is 0. The van der Waals surface area contributed by atoms with E-state index in [0.29, 0.717) is 12.5 Å². The number of halogens is 1. The van der Waals surface area contributed by atoms with Crippen LogP contribution in [0.2, 0.25) is 0 Å². The first-order valence-corrected chi connectivity index (χ1v) is 9.14. The van der Waals surface area contributed by atoms with Gasteiger partial charge in [-0.3, -0.25) is 4.79 Å². The molecule has 1 aliphatic rings. The molecule has 0 aliphatic carbocycles. The standard InChI is InChI=1S/C20H32N2O2.ClH/c1-16(2)18-8-6-17(7-9-18)5-4-12-22-19(23)20(15-24-3)10-13-21-14-11-20;/h6-9,16,21H,4-5,10-15H2,1-3H3,(H,22,23);1H. The van der Waals surface area contributed by atoms with Crippen LogP contribution in [0.3, 0.4) is 0 Å². The number of ether oxygens (including phenoxy) is 1. The number of benzene rings is 1. The molecule has 0 aromatic heterocycles. The van der Waals surface area contributed by atoms with E-state index < -0.39 is 0 Å². The van der Waals surface area contributed by atoms with Crippen molar-refractivity contribution in [2.45, 2.75) is 45.4 Å². The zero-order chi connectivity index (χ0) is 17.4. The Morgan fingerprint density at radius 3 is 2.44 bits per heavy atom. The van der Waals surface area contributed by atoms with Crippen LogP contribution in [0, 0.1) is 5.41 Å². The Morgan fingerprint density at radius 2 is 1.88 bits per heavy atom. The normalized spacial score (nSPS) is 16.3. The number of nitrogens with one attached hydrogen (secondary N) is 2. The van der Waals surface area contributed by atoms with Gasteiger partial charge in [0.15, 0.2) is 0 Å². The first kappa shape index (κ1) is 21.9. The molecule has 0 radical (unpaired) electrons. The van der Waals surface area contributed by atoms with Crippen molar-refractivity contribution in [1.82, 2.24) is 10.6 Å². The van der Waals surface area contributed by atoms with Crippen LogP contribution in [-0.4, -0.2) is 39.3 Å². The van der Waals surface area contributed by atoms with Crippen LogP contribution in [0.15, 0.2) is 24.3 Å². The van der Waals surface area contributed by atoms with Crippen molar-refractivity contribution < 1.29 is 9.53 Å². The molecule has 1 saturated heterocycles. The van der Waals surface area contributed by atoms with Gasteiger partial charge in [0.1, 0.15) is 0 Å². The molecule has 25 heavy (non-hydrogen) atoms. The second-order valence-electron chi connectivity index (χ2n) is 7.22. The summed E-state index contributed by atoms with van der Waals surface area (Å²) in [4.78, 5) is 12.6. The molecule has 0 saturated carbocycles. The minimum Gasteiger partial charge on any atom is -0.384 e. The third-order valence-corrected chi connectivity index (χ3v) is 5.04. The van der Waals surface area contributed by atoms with Gasteiger partial charge in [0.2, 0.25) is 5.91 Å². The molecule has 1 aliphatic heterocycles. The van der Waals surface area contributed by atoms with Gasteiger partial charge in [0.05, 0.1) is 12.0 Å². The van der Waals surface area contributed by atoms with E-state index in [1.807, 2.05) is 0 Å². The summed E-state index contributed by atoms with van der Waals surface area (Å²) in [7, 11) is 1.68. The van der Waals surface area contributed by atoms with E-state index >= 15 is 0 Å². The van der Waals surface area contributed by atoms with E-state index in [1.54, 1.807) is 7.11 Å². The maximum absolute atomic E-state index is 12.6. The lowest BCUT2D eigenvalue weighted by Gasteiger charge is -2.35. The van der Waals surface area contributed by atoms with Gasteiger partial charge in [-0.2, -0.15) is 0 Å². The van der Waals surface area contributed by atoms with Gasteiger partial charge in [0.25, 0.3) is 0 Å².